The van der Waals surface area contributed by atoms with Crippen LogP contribution in [0.5, 0.6) is 0 Å². The van der Waals surface area contributed by atoms with E-state index >= 15 is 0 Å². The van der Waals surface area contributed by atoms with Crippen LogP contribution in [-0.2, 0) is 0 Å². The number of nitriles is 1. The van der Waals surface area contributed by atoms with Crippen molar-refractivity contribution >= 4 is 5.91 Å². The maximum Gasteiger partial charge on any atom is 0.256 e. The number of aryl methyl sites for hydroxylation is 2. The van der Waals surface area contributed by atoms with Crippen LogP contribution in [0.25, 0.3) is 5.88 Å². The molecular weight excluding hydrogens is 314 g/mol. The molecule has 5 nitrogen and oxygen atoms in total. The molecule has 3 aromatic rings. The molecule has 0 radical (unpaired) electrons. The van der Waals surface area contributed by atoms with Crippen LogP contribution in [0.2, 0.25) is 0 Å². The molecule has 0 aliphatic carbocycles. The van der Waals surface area contributed by atoms with Gasteiger partial charge in [0.25, 0.3) is 5.91 Å². The summed E-state index contributed by atoms with van der Waals surface area (Å²) in [4.78, 5) is 12.8. The van der Waals surface area contributed by atoms with Crippen LogP contribution in [0.15, 0.2) is 53.2 Å². The van der Waals surface area contributed by atoms with Crippen molar-refractivity contribution in [1.29, 1.82) is 5.26 Å². The van der Waals surface area contributed by atoms with Crippen LogP contribution >= 0.6 is 0 Å². The largest absolute Gasteiger partial charge is 0.443 e. The zero-order valence-electron chi connectivity index (χ0n) is 14.4. The lowest BCUT2D eigenvalue weighted by molar-refractivity contribution is 0.0938. The van der Waals surface area contributed by atoms with Gasteiger partial charge in [0.1, 0.15) is 23.0 Å². The average molecular weight is 333 g/mol. The maximum absolute atomic E-state index is 12.8. The summed E-state index contributed by atoms with van der Waals surface area (Å²) in [6.45, 7) is 5.63. The molecule has 0 spiro atoms. The molecule has 5 heteroatoms. The van der Waals surface area contributed by atoms with E-state index in [-0.39, 0.29) is 23.1 Å². The van der Waals surface area contributed by atoms with Gasteiger partial charge in [0, 0.05) is 12.4 Å². The fraction of sp³-hybridized carbons (Fsp3) is 0.200. The lowest BCUT2D eigenvalue weighted by Gasteiger charge is -2.16. The maximum atomic E-state index is 12.8. The smallest absolute Gasteiger partial charge is 0.256 e. The number of carbonyl (C=O) groups excluding carboxylic acids is 1. The minimum atomic E-state index is -0.313. The summed E-state index contributed by atoms with van der Waals surface area (Å²) >= 11 is 0. The highest BCUT2D eigenvalue weighted by atomic mass is 16.4. The normalized spacial score (nSPS) is 11.8. The van der Waals surface area contributed by atoms with E-state index in [4.69, 9.17) is 4.42 Å². The molecule has 1 aromatic carbocycles. The van der Waals surface area contributed by atoms with Crippen LogP contribution in [-0.4, -0.2) is 10.5 Å². The van der Waals surface area contributed by atoms with Gasteiger partial charge in [0.15, 0.2) is 0 Å². The molecule has 2 heterocycles. The van der Waals surface area contributed by atoms with E-state index in [0.717, 1.165) is 11.1 Å². The molecule has 0 aliphatic heterocycles. The number of hydrogen-bond acceptors (Lipinski definition) is 3. The van der Waals surface area contributed by atoms with Gasteiger partial charge in [0.2, 0.25) is 5.88 Å². The third-order valence-corrected chi connectivity index (χ3v) is 4.25. The highest BCUT2D eigenvalue weighted by molar-refractivity contribution is 5.98. The highest BCUT2D eigenvalue weighted by Gasteiger charge is 2.25. The van der Waals surface area contributed by atoms with Gasteiger partial charge in [-0.15, -0.1) is 0 Å². The summed E-state index contributed by atoms with van der Waals surface area (Å²) in [5.74, 6) is 0.473. The quantitative estimate of drug-likeness (QED) is 0.783. The van der Waals surface area contributed by atoms with E-state index in [2.05, 4.69) is 11.4 Å². The fourth-order valence-electron chi connectivity index (χ4n) is 2.98. The second-order valence-electron chi connectivity index (χ2n) is 5.97. The van der Waals surface area contributed by atoms with Crippen LogP contribution < -0.4 is 5.32 Å². The molecule has 0 saturated heterocycles. The first kappa shape index (κ1) is 16.6. The first-order chi connectivity index (χ1) is 12.0. The standard InChI is InChI=1S/C20H19N3O2/c1-13-8-4-5-9-16(13)14(2)22-19(24)18-15(3)25-20(17(18)12-21)23-10-6-7-11-23/h4-11,14H,1-3H3,(H,22,24)/t14-/m1/s1. The summed E-state index contributed by atoms with van der Waals surface area (Å²) in [7, 11) is 0. The SMILES string of the molecule is Cc1ccccc1[C@@H](C)NC(=O)c1c(C)oc(-n2cccc2)c1C#N. The Bertz CT molecular complexity index is 946. The summed E-state index contributed by atoms with van der Waals surface area (Å²) in [6.07, 6.45) is 3.55. The van der Waals surface area contributed by atoms with Crippen molar-refractivity contribution in [2.24, 2.45) is 0 Å². The van der Waals surface area contributed by atoms with Crippen molar-refractivity contribution < 1.29 is 9.21 Å². The number of nitrogens with one attached hydrogen (secondary N) is 1. The van der Waals surface area contributed by atoms with Crippen molar-refractivity contribution in [3.8, 4) is 12.0 Å². The van der Waals surface area contributed by atoms with Gasteiger partial charge in [-0.25, -0.2) is 0 Å². The Kier molecular flexibility index (Phi) is 4.44. The molecule has 3 rings (SSSR count). The minimum Gasteiger partial charge on any atom is -0.443 e. The Balaban J connectivity index is 1.93. The Hall–Kier alpha value is -3.26. The molecule has 2 aromatic heterocycles. The predicted molar refractivity (Wildman–Crippen MR) is 94.5 cm³/mol. The van der Waals surface area contributed by atoms with Gasteiger partial charge < -0.3 is 9.73 Å². The molecule has 126 valence electrons. The monoisotopic (exact) mass is 333 g/mol. The molecule has 0 saturated carbocycles. The van der Waals surface area contributed by atoms with Crippen LogP contribution in [0, 0.1) is 25.2 Å². The van der Waals surface area contributed by atoms with Crippen LogP contribution in [0.3, 0.4) is 0 Å². The topological polar surface area (TPSA) is 71.0 Å². The average Bonchev–Trinajstić information content (AvgIpc) is 3.22. The minimum absolute atomic E-state index is 0.176. The highest BCUT2D eigenvalue weighted by Crippen LogP contribution is 2.26. The third kappa shape index (κ3) is 3.07. The Labute approximate surface area is 146 Å². The summed E-state index contributed by atoms with van der Waals surface area (Å²) < 4.78 is 7.38. The Morgan fingerprint density at radius 2 is 1.88 bits per heavy atom. The third-order valence-electron chi connectivity index (χ3n) is 4.25. The van der Waals surface area contributed by atoms with Crippen LogP contribution in [0.1, 0.15) is 45.8 Å². The summed E-state index contributed by atoms with van der Waals surface area (Å²) in [5.41, 5.74) is 2.67. The van der Waals surface area contributed by atoms with Crippen molar-refractivity contribution in [2.45, 2.75) is 26.8 Å². The number of benzene rings is 1. The Morgan fingerprint density at radius 1 is 1.20 bits per heavy atom. The number of rotatable bonds is 4. The number of hydrogen-bond donors (Lipinski definition) is 1. The van der Waals surface area contributed by atoms with E-state index in [0.29, 0.717) is 11.6 Å². The van der Waals surface area contributed by atoms with E-state index < -0.39 is 0 Å². The summed E-state index contributed by atoms with van der Waals surface area (Å²) in [5, 5.41) is 12.5. The van der Waals surface area contributed by atoms with Gasteiger partial charge in [-0.2, -0.15) is 5.26 Å². The lowest BCUT2D eigenvalue weighted by Crippen LogP contribution is -2.28. The molecular formula is C20H19N3O2. The first-order valence-corrected chi connectivity index (χ1v) is 8.06. The fourth-order valence-corrected chi connectivity index (χ4v) is 2.98. The van der Waals surface area contributed by atoms with Gasteiger partial charge in [0.05, 0.1) is 6.04 Å². The van der Waals surface area contributed by atoms with Gasteiger partial charge in [-0.05, 0) is 44.0 Å². The molecule has 0 bridgehead atoms. The first-order valence-electron chi connectivity index (χ1n) is 8.06. The lowest BCUT2D eigenvalue weighted by atomic mass is 10.0. The molecule has 0 fully saturated rings. The predicted octanol–water partition coefficient (Wildman–Crippen LogP) is 4.05. The second kappa shape index (κ2) is 6.70. The van der Waals surface area contributed by atoms with Gasteiger partial charge in [-0.1, -0.05) is 24.3 Å². The number of carbonyl (C=O) groups is 1. The van der Waals surface area contributed by atoms with Gasteiger partial charge in [-0.3, -0.25) is 9.36 Å². The van der Waals surface area contributed by atoms with E-state index in [1.165, 1.54) is 0 Å². The van der Waals surface area contributed by atoms with Crippen molar-refractivity contribution in [2.75, 3.05) is 0 Å². The van der Waals surface area contributed by atoms with Crippen molar-refractivity contribution in [3.63, 3.8) is 0 Å². The van der Waals surface area contributed by atoms with Crippen molar-refractivity contribution in [1.82, 2.24) is 9.88 Å². The van der Waals surface area contributed by atoms with Crippen molar-refractivity contribution in [3.05, 3.63) is 76.8 Å². The van der Waals surface area contributed by atoms with E-state index in [1.54, 1.807) is 23.9 Å². The molecule has 1 amide bonds. The summed E-state index contributed by atoms with van der Waals surface area (Å²) in [6, 6.07) is 13.5. The number of furan rings is 1. The second-order valence-corrected chi connectivity index (χ2v) is 5.97. The van der Waals surface area contributed by atoms with Gasteiger partial charge >= 0.3 is 0 Å². The molecule has 0 aliphatic rings. The zero-order chi connectivity index (χ0) is 18.0. The van der Waals surface area contributed by atoms with E-state index in [9.17, 15) is 10.1 Å². The molecule has 0 unspecified atom stereocenters. The zero-order valence-corrected chi connectivity index (χ0v) is 14.4. The Morgan fingerprint density at radius 3 is 2.52 bits per heavy atom. The van der Waals surface area contributed by atoms with Crippen LogP contribution in [0.4, 0.5) is 0 Å². The molecule has 1 atom stereocenters. The number of aromatic nitrogens is 1. The van der Waals surface area contributed by atoms with E-state index in [1.807, 2.05) is 50.2 Å². The molecule has 25 heavy (non-hydrogen) atoms. The number of amides is 1. The number of nitrogens with zero attached hydrogens (tertiary/aromatic N) is 2. The molecule has 1 N–H and O–H groups in total.